The predicted molar refractivity (Wildman–Crippen MR) is 88.4 cm³/mol. The maximum Gasteiger partial charge on any atom is 0.0506 e. The van der Waals surface area contributed by atoms with Crippen LogP contribution >= 0.6 is 0 Å². The standard InChI is InChI=1S/C17H33NOS/c1-12(2)14-8-9-16(18-4)17(11-14)20(19)15-7-5-6-13(3)10-15/h12-18H,5-11H2,1-4H3. The topological polar surface area (TPSA) is 29.1 Å². The molecule has 0 aromatic carbocycles. The van der Waals surface area contributed by atoms with Crippen LogP contribution in [0.1, 0.15) is 65.7 Å². The van der Waals surface area contributed by atoms with E-state index in [1.165, 1.54) is 44.9 Å². The smallest absolute Gasteiger partial charge is 0.0506 e. The first kappa shape index (κ1) is 16.5. The van der Waals surface area contributed by atoms with E-state index in [0.717, 1.165) is 17.8 Å². The van der Waals surface area contributed by atoms with Crippen molar-refractivity contribution in [3.63, 3.8) is 0 Å². The minimum atomic E-state index is -0.643. The highest BCUT2D eigenvalue weighted by molar-refractivity contribution is 7.86. The van der Waals surface area contributed by atoms with Crippen molar-refractivity contribution in [1.82, 2.24) is 5.32 Å². The van der Waals surface area contributed by atoms with Gasteiger partial charge in [0.1, 0.15) is 0 Å². The van der Waals surface area contributed by atoms with Crippen LogP contribution in [0, 0.1) is 17.8 Å². The lowest BCUT2D eigenvalue weighted by Gasteiger charge is -2.39. The summed E-state index contributed by atoms with van der Waals surface area (Å²) in [5.41, 5.74) is 0. The first-order valence-corrected chi connectivity index (χ1v) is 9.87. The zero-order valence-corrected chi connectivity index (χ0v) is 14.5. The van der Waals surface area contributed by atoms with Crippen molar-refractivity contribution in [2.45, 2.75) is 82.3 Å². The summed E-state index contributed by atoms with van der Waals surface area (Å²) in [5.74, 6) is 2.28. The zero-order chi connectivity index (χ0) is 14.7. The minimum Gasteiger partial charge on any atom is -0.316 e. The van der Waals surface area contributed by atoms with Gasteiger partial charge < -0.3 is 5.32 Å². The molecule has 3 heteroatoms. The Balaban J connectivity index is 2.03. The van der Waals surface area contributed by atoms with Gasteiger partial charge in [-0.05, 0) is 56.9 Å². The van der Waals surface area contributed by atoms with Gasteiger partial charge in [0.15, 0.2) is 0 Å². The highest BCUT2D eigenvalue weighted by Gasteiger charge is 2.38. The lowest BCUT2D eigenvalue weighted by atomic mass is 9.79. The molecule has 2 saturated carbocycles. The zero-order valence-electron chi connectivity index (χ0n) is 13.7. The quantitative estimate of drug-likeness (QED) is 0.857. The van der Waals surface area contributed by atoms with Crippen molar-refractivity contribution in [3.8, 4) is 0 Å². The molecule has 20 heavy (non-hydrogen) atoms. The molecule has 2 nitrogen and oxygen atoms in total. The molecule has 0 saturated heterocycles. The molecular weight excluding hydrogens is 266 g/mol. The summed E-state index contributed by atoms with van der Waals surface area (Å²) in [7, 11) is 1.41. The number of hydrogen-bond donors (Lipinski definition) is 1. The third kappa shape index (κ3) is 3.85. The molecule has 6 atom stereocenters. The van der Waals surface area contributed by atoms with E-state index in [2.05, 4.69) is 26.1 Å². The van der Waals surface area contributed by atoms with Gasteiger partial charge in [-0.25, -0.2) is 0 Å². The summed E-state index contributed by atoms with van der Waals surface area (Å²) in [6, 6.07) is 0.475. The molecule has 0 aliphatic heterocycles. The SMILES string of the molecule is CNC1CCC(C(C)C)CC1S(=O)C1CCCC(C)C1. The minimum absolute atomic E-state index is 0.386. The molecule has 0 aromatic heterocycles. The Morgan fingerprint density at radius 3 is 2.45 bits per heavy atom. The molecule has 0 heterocycles. The summed E-state index contributed by atoms with van der Waals surface area (Å²) in [4.78, 5) is 0. The summed E-state index contributed by atoms with van der Waals surface area (Å²) in [6.45, 7) is 6.98. The normalized spacial score (nSPS) is 40.8. The van der Waals surface area contributed by atoms with Gasteiger partial charge in [-0.15, -0.1) is 0 Å². The van der Waals surface area contributed by atoms with Crippen molar-refractivity contribution in [3.05, 3.63) is 0 Å². The molecule has 0 bridgehead atoms. The van der Waals surface area contributed by atoms with E-state index in [4.69, 9.17) is 0 Å². The second-order valence-corrected chi connectivity index (χ2v) is 9.40. The Labute approximate surface area is 127 Å². The Kier molecular flexibility index (Phi) is 6.09. The van der Waals surface area contributed by atoms with Gasteiger partial charge in [-0.1, -0.05) is 33.6 Å². The van der Waals surface area contributed by atoms with Crippen molar-refractivity contribution in [2.75, 3.05) is 7.05 Å². The average Bonchev–Trinajstić information content (AvgIpc) is 2.45. The van der Waals surface area contributed by atoms with Crippen LogP contribution in [-0.4, -0.2) is 27.8 Å². The lowest BCUT2D eigenvalue weighted by Crippen LogP contribution is -2.48. The van der Waals surface area contributed by atoms with Crippen LogP contribution in [0.5, 0.6) is 0 Å². The second-order valence-electron chi connectivity index (χ2n) is 7.47. The lowest BCUT2D eigenvalue weighted by molar-refractivity contribution is 0.247. The largest absolute Gasteiger partial charge is 0.316 e. The van der Waals surface area contributed by atoms with Crippen LogP contribution in [-0.2, 0) is 10.8 Å². The molecule has 2 fully saturated rings. The highest BCUT2D eigenvalue weighted by atomic mass is 32.2. The molecule has 2 aliphatic carbocycles. The molecular formula is C17H33NOS. The second kappa shape index (κ2) is 7.40. The van der Waals surface area contributed by atoms with Crippen LogP contribution < -0.4 is 5.32 Å². The van der Waals surface area contributed by atoms with Crippen molar-refractivity contribution < 1.29 is 4.21 Å². The Bertz CT molecular complexity index is 331. The van der Waals surface area contributed by atoms with Gasteiger partial charge in [0.2, 0.25) is 0 Å². The van der Waals surface area contributed by atoms with Crippen LogP contribution in [0.25, 0.3) is 0 Å². The molecule has 0 amide bonds. The molecule has 6 unspecified atom stereocenters. The Morgan fingerprint density at radius 2 is 1.85 bits per heavy atom. The van der Waals surface area contributed by atoms with E-state index >= 15 is 0 Å². The molecule has 0 radical (unpaired) electrons. The van der Waals surface area contributed by atoms with Crippen molar-refractivity contribution in [2.24, 2.45) is 17.8 Å². The van der Waals surface area contributed by atoms with Crippen molar-refractivity contribution >= 4 is 10.8 Å². The number of hydrogen-bond acceptors (Lipinski definition) is 2. The third-order valence-electron chi connectivity index (χ3n) is 5.66. The first-order chi connectivity index (χ1) is 9.52. The Hall–Kier alpha value is 0.110. The van der Waals surface area contributed by atoms with Gasteiger partial charge in [0.25, 0.3) is 0 Å². The maximum absolute atomic E-state index is 13.1. The molecule has 0 spiro atoms. The third-order valence-corrected chi connectivity index (χ3v) is 7.86. The van der Waals surface area contributed by atoms with Crippen LogP contribution in [0.2, 0.25) is 0 Å². The van der Waals surface area contributed by atoms with Gasteiger partial charge in [-0.3, -0.25) is 4.21 Å². The summed E-state index contributed by atoms with van der Waals surface area (Å²) < 4.78 is 13.1. The van der Waals surface area contributed by atoms with E-state index in [1.807, 2.05) is 7.05 Å². The first-order valence-electron chi connectivity index (χ1n) is 8.59. The van der Waals surface area contributed by atoms with Crippen molar-refractivity contribution in [1.29, 1.82) is 0 Å². The fourth-order valence-electron chi connectivity index (χ4n) is 4.19. The molecule has 118 valence electrons. The van der Waals surface area contributed by atoms with Crippen LogP contribution in [0.3, 0.4) is 0 Å². The average molecular weight is 300 g/mol. The number of rotatable bonds is 4. The molecule has 0 aromatic rings. The van der Waals surface area contributed by atoms with E-state index in [-0.39, 0.29) is 0 Å². The van der Waals surface area contributed by atoms with E-state index in [1.54, 1.807) is 0 Å². The monoisotopic (exact) mass is 299 g/mol. The molecule has 2 rings (SSSR count). The maximum atomic E-state index is 13.1. The fraction of sp³-hybridized carbons (Fsp3) is 1.00. The molecule has 2 aliphatic rings. The van der Waals surface area contributed by atoms with Gasteiger partial charge in [-0.2, -0.15) is 0 Å². The van der Waals surface area contributed by atoms with Crippen LogP contribution in [0.15, 0.2) is 0 Å². The Morgan fingerprint density at radius 1 is 1.10 bits per heavy atom. The van der Waals surface area contributed by atoms with Gasteiger partial charge in [0.05, 0.1) is 5.25 Å². The van der Waals surface area contributed by atoms with E-state index in [0.29, 0.717) is 16.5 Å². The fourth-order valence-corrected chi connectivity index (χ4v) is 6.63. The predicted octanol–water partition coefficient (Wildman–Crippen LogP) is 3.73. The summed E-state index contributed by atoms with van der Waals surface area (Å²) in [5, 5.41) is 4.30. The van der Waals surface area contributed by atoms with Gasteiger partial charge in [0, 0.05) is 22.1 Å². The number of nitrogens with one attached hydrogen (secondary N) is 1. The van der Waals surface area contributed by atoms with E-state index in [9.17, 15) is 4.21 Å². The summed E-state index contributed by atoms with van der Waals surface area (Å²) in [6.07, 6.45) is 8.67. The van der Waals surface area contributed by atoms with E-state index < -0.39 is 10.8 Å². The van der Waals surface area contributed by atoms with Gasteiger partial charge >= 0.3 is 0 Å². The van der Waals surface area contributed by atoms with Crippen LogP contribution in [0.4, 0.5) is 0 Å². The summed E-state index contributed by atoms with van der Waals surface area (Å²) >= 11 is 0. The highest BCUT2D eigenvalue weighted by Crippen LogP contribution is 2.36. The molecule has 1 N–H and O–H groups in total.